The highest BCUT2D eigenvalue weighted by molar-refractivity contribution is 9.10. The molecule has 1 amide bonds. The van der Waals surface area contributed by atoms with Crippen LogP contribution in [0.4, 0.5) is 20.2 Å². The molecule has 2 aromatic rings. The van der Waals surface area contributed by atoms with Crippen LogP contribution < -0.4 is 11.1 Å². The number of nitrogens with two attached hydrogens (primary N) is 1. The molecule has 3 nitrogen and oxygen atoms in total. The predicted octanol–water partition coefficient (Wildman–Crippen LogP) is 3.49. The fourth-order valence-corrected chi connectivity index (χ4v) is 2.04. The lowest BCUT2D eigenvalue weighted by molar-refractivity contribution is -0.115. The molecule has 0 unspecified atom stereocenters. The summed E-state index contributed by atoms with van der Waals surface area (Å²) >= 11 is 2.94. The molecule has 0 fully saturated rings. The van der Waals surface area contributed by atoms with Crippen LogP contribution in [0.5, 0.6) is 0 Å². The number of nitrogens with one attached hydrogen (secondary N) is 1. The standard InChI is InChI=1S/C14H11BrF2N2O/c15-10-6-13(12(17)7-11(10)16)19-14(20)5-8-2-1-3-9(18)4-8/h1-4,6-7H,5,18H2,(H,19,20). The second-order valence-corrected chi connectivity index (χ2v) is 5.07. The molecule has 0 saturated carbocycles. The monoisotopic (exact) mass is 340 g/mol. The molecular formula is C14H11BrF2N2O. The first-order valence-electron chi connectivity index (χ1n) is 5.74. The van der Waals surface area contributed by atoms with Gasteiger partial charge >= 0.3 is 0 Å². The summed E-state index contributed by atoms with van der Waals surface area (Å²) in [5.74, 6) is -1.96. The number of benzene rings is 2. The third-order valence-corrected chi connectivity index (χ3v) is 3.21. The summed E-state index contributed by atoms with van der Waals surface area (Å²) in [5.41, 5.74) is 6.79. The van der Waals surface area contributed by atoms with Crippen molar-refractivity contribution in [2.24, 2.45) is 0 Å². The third-order valence-electron chi connectivity index (χ3n) is 2.60. The van der Waals surface area contributed by atoms with Gasteiger partial charge in [0.25, 0.3) is 0 Å². The zero-order valence-electron chi connectivity index (χ0n) is 10.3. The van der Waals surface area contributed by atoms with Crippen LogP contribution in [0.25, 0.3) is 0 Å². The minimum Gasteiger partial charge on any atom is -0.399 e. The normalized spacial score (nSPS) is 10.3. The third kappa shape index (κ3) is 3.54. The average Bonchev–Trinajstić information content (AvgIpc) is 2.36. The van der Waals surface area contributed by atoms with Gasteiger partial charge in [-0.05, 0) is 39.7 Å². The van der Waals surface area contributed by atoms with Crippen LogP contribution >= 0.6 is 15.9 Å². The second-order valence-electron chi connectivity index (χ2n) is 4.22. The smallest absolute Gasteiger partial charge is 0.228 e. The lowest BCUT2D eigenvalue weighted by atomic mass is 10.1. The highest BCUT2D eigenvalue weighted by Gasteiger charge is 2.11. The van der Waals surface area contributed by atoms with Gasteiger partial charge < -0.3 is 11.1 Å². The maximum atomic E-state index is 13.5. The van der Waals surface area contributed by atoms with E-state index in [0.29, 0.717) is 17.3 Å². The zero-order valence-corrected chi connectivity index (χ0v) is 11.9. The first kappa shape index (κ1) is 14.5. The first-order valence-corrected chi connectivity index (χ1v) is 6.54. The van der Waals surface area contributed by atoms with Gasteiger partial charge in [0.15, 0.2) is 0 Å². The first-order chi connectivity index (χ1) is 9.45. The summed E-state index contributed by atoms with van der Waals surface area (Å²) in [6.07, 6.45) is 0.0550. The quantitative estimate of drug-likeness (QED) is 0.663. The molecule has 104 valence electrons. The van der Waals surface area contributed by atoms with Gasteiger partial charge in [0.1, 0.15) is 11.6 Å². The highest BCUT2D eigenvalue weighted by Crippen LogP contribution is 2.23. The van der Waals surface area contributed by atoms with Gasteiger partial charge in [-0.1, -0.05) is 12.1 Å². The fourth-order valence-electron chi connectivity index (χ4n) is 1.70. The summed E-state index contributed by atoms with van der Waals surface area (Å²) < 4.78 is 26.7. The van der Waals surface area contributed by atoms with Crippen molar-refractivity contribution in [2.45, 2.75) is 6.42 Å². The molecule has 0 atom stereocenters. The van der Waals surface area contributed by atoms with Gasteiger partial charge in [0.05, 0.1) is 16.6 Å². The molecule has 2 rings (SSSR count). The van der Waals surface area contributed by atoms with Gasteiger partial charge in [0.2, 0.25) is 5.91 Å². The summed E-state index contributed by atoms with van der Waals surface area (Å²) in [7, 11) is 0. The van der Waals surface area contributed by atoms with Crippen molar-refractivity contribution in [1.29, 1.82) is 0 Å². The van der Waals surface area contributed by atoms with Crippen molar-refractivity contribution in [1.82, 2.24) is 0 Å². The lowest BCUT2D eigenvalue weighted by Crippen LogP contribution is -2.15. The Kier molecular flexibility index (Phi) is 4.34. The molecule has 0 aliphatic heterocycles. The molecule has 0 spiro atoms. The molecule has 0 heterocycles. The zero-order chi connectivity index (χ0) is 14.7. The van der Waals surface area contributed by atoms with Crippen LogP contribution in [-0.4, -0.2) is 5.91 Å². The highest BCUT2D eigenvalue weighted by atomic mass is 79.9. The molecule has 3 N–H and O–H groups in total. The molecule has 0 aromatic heterocycles. The van der Waals surface area contributed by atoms with E-state index in [9.17, 15) is 13.6 Å². The maximum absolute atomic E-state index is 13.5. The van der Waals surface area contributed by atoms with Gasteiger partial charge in [-0.3, -0.25) is 4.79 Å². The number of hydrogen-bond donors (Lipinski definition) is 2. The number of halogens is 3. The number of nitrogen functional groups attached to an aromatic ring is 1. The number of carbonyl (C=O) groups is 1. The number of carbonyl (C=O) groups excluding carboxylic acids is 1. The molecule has 0 saturated heterocycles. The Bertz CT molecular complexity index is 662. The van der Waals surface area contributed by atoms with Crippen molar-refractivity contribution in [3.05, 3.63) is 58.1 Å². The number of hydrogen-bond acceptors (Lipinski definition) is 2. The van der Waals surface area contributed by atoms with Crippen LogP contribution in [0.2, 0.25) is 0 Å². The van der Waals surface area contributed by atoms with Crippen LogP contribution in [0.1, 0.15) is 5.56 Å². The summed E-state index contributed by atoms with van der Waals surface area (Å²) in [6.45, 7) is 0. The summed E-state index contributed by atoms with van der Waals surface area (Å²) in [4.78, 5) is 11.8. The van der Waals surface area contributed by atoms with Gasteiger partial charge in [0, 0.05) is 11.8 Å². The molecule has 0 bridgehead atoms. The average molecular weight is 341 g/mol. The molecule has 2 aromatic carbocycles. The topological polar surface area (TPSA) is 55.1 Å². The van der Waals surface area contributed by atoms with Crippen molar-refractivity contribution < 1.29 is 13.6 Å². The Morgan fingerprint density at radius 3 is 2.65 bits per heavy atom. The van der Waals surface area contributed by atoms with E-state index in [1.807, 2.05) is 0 Å². The number of amides is 1. The molecule has 0 radical (unpaired) electrons. The predicted molar refractivity (Wildman–Crippen MR) is 77.2 cm³/mol. The second kappa shape index (κ2) is 6.00. The van der Waals surface area contributed by atoms with Crippen molar-refractivity contribution in [2.75, 3.05) is 11.1 Å². The molecule has 6 heteroatoms. The SMILES string of the molecule is Nc1cccc(CC(=O)Nc2cc(Br)c(F)cc2F)c1. The van der Waals surface area contributed by atoms with Gasteiger partial charge in [-0.25, -0.2) is 8.78 Å². The minimum absolute atomic E-state index is 0.0550. The van der Waals surface area contributed by atoms with Crippen molar-refractivity contribution in [3.8, 4) is 0 Å². The van der Waals surface area contributed by atoms with E-state index >= 15 is 0 Å². The van der Waals surface area contributed by atoms with Crippen LogP contribution in [0, 0.1) is 11.6 Å². The van der Waals surface area contributed by atoms with E-state index < -0.39 is 17.5 Å². The van der Waals surface area contributed by atoms with E-state index in [4.69, 9.17) is 5.73 Å². The molecule has 20 heavy (non-hydrogen) atoms. The summed E-state index contributed by atoms with van der Waals surface area (Å²) in [5, 5.41) is 2.39. The Hall–Kier alpha value is -1.95. The minimum atomic E-state index is -0.827. The van der Waals surface area contributed by atoms with Crippen LogP contribution in [-0.2, 0) is 11.2 Å². The Morgan fingerprint density at radius 1 is 1.20 bits per heavy atom. The van der Waals surface area contributed by atoms with E-state index in [1.54, 1.807) is 24.3 Å². The van der Waals surface area contributed by atoms with E-state index in [0.717, 1.165) is 0 Å². The van der Waals surface area contributed by atoms with Crippen LogP contribution in [0.15, 0.2) is 40.9 Å². The van der Waals surface area contributed by atoms with Crippen molar-refractivity contribution >= 4 is 33.2 Å². The Labute approximate surface area is 122 Å². The summed E-state index contributed by atoms with van der Waals surface area (Å²) in [6, 6.07) is 8.73. The van der Waals surface area contributed by atoms with Crippen LogP contribution in [0.3, 0.4) is 0 Å². The van der Waals surface area contributed by atoms with E-state index in [-0.39, 0.29) is 16.6 Å². The largest absolute Gasteiger partial charge is 0.399 e. The molecule has 0 aliphatic carbocycles. The van der Waals surface area contributed by atoms with E-state index in [1.165, 1.54) is 6.07 Å². The molecule has 0 aliphatic rings. The maximum Gasteiger partial charge on any atom is 0.228 e. The number of rotatable bonds is 3. The Balaban J connectivity index is 2.10. The fraction of sp³-hybridized carbons (Fsp3) is 0.0714. The van der Waals surface area contributed by atoms with Gasteiger partial charge in [-0.15, -0.1) is 0 Å². The van der Waals surface area contributed by atoms with Crippen molar-refractivity contribution in [3.63, 3.8) is 0 Å². The molecular weight excluding hydrogens is 330 g/mol. The van der Waals surface area contributed by atoms with E-state index in [2.05, 4.69) is 21.2 Å². The van der Waals surface area contributed by atoms with Gasteiger partial charge in [-0.2, -0.15) is 0 Å². The Morgan fingerprint density at radius 2 is 1.95 bits per heavy atom. The number of anilines is 2. The lowest BCUT2D eigenvalue weighted by Gasteiger charge is -2.08.